The number of hydrogen-bond acceptors (Lipinski definition) is 3. The van der Waals surface area contributed by atoms with E-state index in [9.17, 15) is 4.79 Å². The summed E-state index contributed by atoms with van der Waals surface area (Å²) < 4.78 is 0. The van der Waals surface area contributed by atoms with Crippen LogP contribution in [0.15, 0.2) is 18.2 Å². The first-order valence-corrected chi connectivity index (χ1v) is 3.90. The molecule has 0 aliphatic heterocycles. The normalized spacial score (nSPS) is 12.4. The fraction of sp³-hybridized carbons (Fsp3) is 0.222. The lowest BCUT2D eigenvalue weighted by atomic mass is 9.99. The third-order valence-corrected chi connectivity index (χ3v) is 1.95. The molecule has 4 heteroatoms. The Morgan fingerprint density at radius 1 is 1.46 bits per heavy atom. The van der Waals surface area contributed by atoms with Gasteiger partial charge in [-0.25, -0.2) is 0 Å². The Morgan fingerprint density at radius 3 is 2.54 bits per heavy atom. The summed E-state index contributed by atoms with van der Waals surface area (Å²) in [6.07, 6.45) is 0. The molecule has 0 heterocycles. The number of carbonyl (C=O) groups is 1. The van der Waals surface area contributed by atoms with Crippen molar-refractivity contribution in [2.45, 2.75) is 12.8 Å². The second-order valence-corrected chi connectivity index (χ2v) is 2.95. The minimum absolute atomic E-state index is 0.426. The van der Waals surface area contributed by atoms with Crippen molar-refractivity contribution in [3.05, 3.63) is 23.8 Å². The molecule has 1 aromatic carbocycles. The minimum atomic E-state index is -0.892. The van der Waals surface area contributed by atoms with Crippen LogP contribution in [0.2, 0.25) is 0 Å². The summed E-state index contributed by atoms with van der Waals surface area (Å²) in [6, 6.07) is 4.85. The Bertz CT molecular complexity index is 336. The van der Waals surface area contributed by atoms with Crippen molar-refractivity contribution in [1.29, 1.82) is 0 Å². The highest BCUT2D eigenvalue weighted by molar-refractivity contribution is 5.78. The van der Waals surface area contributed by atoms with E-state index in [-0.39, 0.29) is 0 Å². The molecule has 0 amide bonds. The first-order chi connectivity index (χ1) is 6.02. The van der Waals surface area contributed by atoms with Crippen LogP contribution >= 0.6 is 0 Å². The van der Waals surface area contributed by atoms with E-state index in [0.29, 0.717) is 16.9 Å². The molecule has 0 saturated carbocycles. The maximum atomic E-state index is 10.7. The largest absolute Gasteiger partial charge is 0.481 e. The van der Waals surface area contributed by atoms with E-state index in [1.54, 1.807) is 25.1 Å². The first kappa shape index (κ1) is 9.38. The molecule has 0 fully saturated rings. The molecule has 1 atom stereocenters. The van der Waals surface area contributed by atoms with Crippen molar-refractivity contribution < 1.29 is 9.90 Å². The van der Waals surface area contributed by atoms with E-state index in [0.717, 1.165) is 0 Å². The standard InChI is InChI=1S/C9H12N2O2/c1-5(9(12)13)7-3-2-6(10)4-8(7)11/h2-5H,10-11H2,1H3,(H,12,13). The zero-order valence-electron chi connectivity index (χ0n) is 7.32. The third kappa shape index (κ3) is 1.90. The molecule has 0 spiro atoms. The van der Waals surface area contributed by atoms with Crippen LogP contribution in [0.1, 0.15) is 18.4 Å². The number of nitrogen functional groups attached to an aromatic ring is 2. The smallest absolute Gasteiger partial charge is 0.310 e. The quantitative estimate of drug-likeness (QED) is 0.593. The Balaban J connectivity index is 3.08. The summed E-state index contributed by atoms with van der Waals surface area (Å²) in [5, 5.41) is 8.74. The number of carboxylic acid groups (broad SMARTS) is 1. The first-order valence-electron chi connectivity index (χ1n) is 3.90. The molecule has 13 heavy (non-hydrogen) atoms. The fourth-order valence-electron chi connectivity index (χ4n) is 1.12. The highest BCUT2D eigenvalue weighted by Gasteiger charge is 2.15. The third-order valence-electron chi connectivity index (χ3n) is 1.95. The maximum absolute atomic E-state index is 10.7. The molecular formula is C9H12N2O2. The molecule has 0 radical (unpaired) electrons. The highest BCUT2D eigenvalue weighted by Crippen LogP contribution is 2.24. The van der Waals surface area contributed by atoms with Crippen LogP contribution in [0.4, 0.5) is 11.4 Å². The van der Waals surface area contributed by atoms with E-state index in [2.05, 4.69) is 0 Å². The van der Waals surface area contributed by atoms with Crippen LogP contribution in [0.5, 0.6) is 0 Å². The zero-order valence-corrected chi connectivity index (χ0v) is 7.32. The van der Waals surface area contributed by atoms with Gasteiger partial charge in [0.2, 0.25) is 0 Å². The number of nitrogens with two attached hydrogens (primary N) is 2. The molecule has 0 aromatic heterocycles. The maximum Gasteiger partial charge on any atom is 0.310 e. The van der Waals surface area contributed by atoms with Gasteiger partial charge in [0.1, 0.15) is 0 Å². The summed E-state index contributed by atoms with van der Waals surface area (Å²) in [5.41, 5.74) is 12.7. The summed E-state index contributed by atoms with van der Waals surface area (Å²) in [7, 11) is 0. The van der Waals surface area contributed by atoms with Gasteiger partial charge < -0.3 is 16.6 Å². The predicted molar refractivity (Wildman–Crippen MR) is 51.3 cm³/mol. The van der Waals surface area contributed by atoms with E-state index < -0.39 is 11.9 Å². The van der Waals surface area contributed by atoms with Crippen LogP contribution in [0.3, 0.4) is 0 Å². The number of benzene rings is 1. The number of rotatable bonds is 2. The van der Waals surface area contributed by atoms with Gasteiger partial charge in [-0.3, -0.25) is 4.79 Å². The lowest BCUT2D eigenvalue weighted by molar-refractivity contribution is -0.138. The Labute approximate surface area is 76.2 Å². The molecule has 1 aromatic rings. The predicted octanol–water partition coefficient (Wildman–Crippen LogP) is 1.04. The Kier molecular flexibility index (Phi) is 2.41. The van der Waals surface area contributed by atoms with Crippen molar-refractivity contribution in [3.63, 3.8) is 0 Å². The van der Waals surface area contributed by atoms with Crippen molar-refractivity contribution in [1.82, 2.24) is 0 Å². The molecule has 0 saturated heterocycles. The summed E-state index contributed by atoms with van der Waals surface area (Å²) in [4.78, 5) is 10.7. The number of carboxylic acids is 1. The van der Waals surface area contributed by atoms with E-state index in [1.807, 2.05) is 0 Å². The van der Waals surface area contributed by atoms with Gasteiger partial charge >= 0.3 is 5.97 Å². The number of anilines is 2. The number of aliphatic carboxylic acids is 1. The molecule has 1 unspecified atom stereocenters. The van der Waals surface area contributed by atoms with Gasteiger partial charge in [-0.2, -0.15) is 0 Å². The summed E-state index contributed by atoms with van der Waals surface area (Å²) in [6.45, 7) is 1.59. The molecule has 1 rings (SSSR count). The van der Waals surface area contributed by atoms with E-state index in [4.69, 9.17) is 16.6 Å². The van der Waals surface area contributed by atoms with Gasteiger partial charge in [-0.15, -0.1) is 0 Å². The van der Waals surface area contributed by atoms with Gasteiger partial charge in [0.05, 0.1) is 5.92 Å². The molecule has 0 aliphatic rings. The van der Waals surface area contributed by atoms with Gasteiger partial charge in [-0.1, -0.05) is 6.07 Å². The van der Waals surface area contributed by atoms with Gasteiger partial charge in [-0.05, 0) is 24.6 Å². The molecule has 0 bridgehead atoms. The van der Waals surface area contributed by atoms with Crippen molar-refractivity contribution in [2.24, 2.45) is 0 Å². The molecule has 70 valence electrons. The molecular weight excluding hydrogens is 168 g/mol. The lowest BCUT2D eigenvalue weighted by Crippen LogP contribution is -2.09. The minimum Gasteiger partial charge on any atom is -0.481 e. The van der Waals surface area contributed by atoms with Crippen molar-refractivity contribution in [2.75, 3.05) is 11.5 Å². The fourth-order valence-corrected chi connectivity index (χ4v) is 1.12. The van der Waals surface area contributed by atoms with Crippen LogP contribution in [-0.4, -0.2) is 11.1 Å². The lowest BCUT2D eigenvalue weighted by Gasteiger charge is -2.09. The second-order valence-electron chi connectivity index (χ2n) is 2.95. The van der Waals surface area contributed by atoms with E-state index in [1.165, 1.54) is 0 Å². The zero-order chi connectivity index (χ0) is 10.0. The van der Waals surface area contributed by atoms with Crippen LogP contribution < -0.4 is 11.5 Å². The monoisotopic (exact) mass is 180 g/mol. The molecule has 4 nitrogen and oxygen atoms in total. The van der Waals surface area contributed by atoms with Gasteiger partial charge in [0.15, 0.2) is 0 Å². The van der Waals surface area contributed by atoms with Crippen molar-refractivity contribution >= 4 is 17.3 Å². The average Bonchev–Trinajstić information content (AvgIpc) is 2.03. The van der Waals surface area contributed by atoms with Crippen LogP contribution in [-0.2, 0) is 4.79 Å². The van der Waals surface area contributed by atoms with Crippen LogP contribution in [0, 0.1) is 0 Å². The topological polar surface area (TPSA) is 89.3 Å². The van der Waals surface area contributed by atoms with E-state index >= 15 is 0 Å². The Hall–Kier alpha value is -1.71. The van der Waals surface area contributed by atoms with Crippen molar-refractivity contribution in [3.8, 4) is 0 Å². The number of hydrogen-bond donors (Lipinski definition) is 3. The Morgan fingerprint density at radius 2 is 2.08 bits per heavy atom. The summed E-state index contributed by atoms with van der Waals surface area (Å²) in [5.74, 6) is -1.49. The SMILES string of the molecule is CC(C(=O)O)c1ccc(N)cc1N. The van der Waals surface area contributed by atoms with Gasteiger partial charge in [0.25, 0.3) is 0 Å². The average molecular weight is 180 g/mol. The van der Waals surface area contributed by atoms with Gasteiger partial charge in [0, 0.05) is 11.4 Å². The summed E-state index contributed by atoms with van der Waals surface area (Å²) >= 11 is 0. The molecule has 5 N–H and O–H groups in total. The highest BCUT2D eigenvalue weighted by atomic mass is 16.4. The van der Waals surface area contributed by atoms with Crippen LogP contribution in [0.25, 0.3) is 0 Å². The molecule has 0 aliphatic carbocycles. The second kappa shape index (κ2) is 3.35.